The molecule has 2 rings (SSSR count). The zero-order valence-corrected chi connectivity index (χ0v) is 14.3. The molecule has 1 aliphatic heterocycles. The second-order valence-electron chi connectivity index (χ2n) is 5.20. The van der Waals surface area contributed by atoms with Crippen LogP contribution in [0.2, 0.25) is 0 Å². The normalized spacial score (nSPS) is 20.7. The lowest BCUT2D eigenvalue weighted by molar-refractivity contribution is -0.118. The number of likely N-dealkylation sites (tertiary alicyclic amines) is 1. The van der Waals surface area contributed by atoms with Gasteiger partial charge in [0, 0.05) is 32.0 Å². The molecule has 1 amide bonds. The van der Waals surface area contributed by atoms with Crippen molar-refractivity contribution >= 4 is 36.5 Å². The zero-order valence-electron chi connectivity index (χ0n) is 17.7. The summed E-state index contributed by atoms with van der Waals surface area (Å²) in [5.41, 5.74) is 0. The summed E-state index contributed by atoms with van der Waals surface area (Å²) in [6.07, 6.45) is 1.92. The first-order valence-electron chi connectivity index (χ1n) is 9.61. The highest BCUT2D eigenvalue weighted by Gasteiger charge is 2.24. The monoisotopic (exact) mass is 352 g/mol. The van der Waals surface area contributed by atoms with Crippen molar-refractivity contribution in [2.24, 2.45) is 0 Å². The van der Waals surface area contributed by atoms with Crippen LogP contribution in [-0.2, 0) is 4.79 Å². The van der Waals surface area contributed by atoms with Crippen molar-refractivity contribution in [2.45, 2.75) is 45.5 Å². The van der Waals surface area contributed by atoms with E-state index in [1.165, 1.54) is 17.5 Å². The summed E-state index contributed by atoms with van der Waals surface area (Å²) in [6.45, 7) is 1.18. The molecular formula is C16H27Cl2N3O. The molecule has 1 aliphatic rings. The molecule has 0 bridgehead atoms. The predicted molar refractivity (Wildman–Crippen MR) is 96.3 cm³/mol. The van der Waals surface area contributed by atoms with Gasteiger partial charge in [-0.05, 0) is 45.0 Å². The number of anilines is 1. The summed E-state index contributed by atoms with van der Waals surface area (Å²) in [5, 5.41) is 0. The Morgan fingerprint density at radius 1 is 1.41 bits per heavy atom. The van der Waals surface area contributed by atoms with Gasteiger partial charge in [0.15, 0.2) is 0 Å². The van der Waals surface area contributed by atoms with Crippen LogP contribution in [0.5, 0.6) is 0 Å². The molecule has 1 fully saturated rings. The van der Waals surface area contributed by atoms with Gasteiger partial charge >= 0.3 is 0 Å². The Kier molecular flexibility index (Phi) is 6.68. The number of nitrogens with zero attached hydrogens (tertiary/aromatic N) is 3. The van der Waals surface area contributed by atoms with Gasteiger partial charge in [-0.25, -0.2) is 4.98 Å². The smallest absolute Gasteiger partial charge is 0.228 e. The molecular weight excluding hydrogens is 321 g/mol. The van der Waals surface area contributed by atoms with Crippen LogP contribution in [0.1, 0.15) is 46.3 Å². The van der Waals surface area contributed by atoms with E-state index in [2.05, 4.69) is 9.88 Å². The van der Waals surface area contributed by atoms with Crippen LogP contribution in [0.3, 0.4) is 0 Å². The molecule has 1 aromatic heterocycles. The van der Waals surface area contributed by atoms with E-state index >= 15 is 0 Å². The lowest BCUT2D eigenvalue weighted by atomic mass is 10.1. The average molecular weight is 353 g/mol. The first-order chi connectivity index (χ1) is 11.6. The van der Waals surface area contributed by atoms with E-state index in [1.54, 1.807) is 25.1 Å². The third-order valence-corrected chi connectivity index (χ3v) is 3.63. The van der Waals surface area contributed by atoms with E-state index in [0.717, 1.165) is 25.9 Å². The molecule has 0 spiro atoms. The molecule has 0 saturated carbocycles. The van der Waals surface area contributed by atoms with E-state index in [1.807, 2.05) is 0 Å². The molecule has 1 atom stereocenters. The quantitative estimate of drug-likeness (QED) is 0.812. The highest BCUT2D eigenvalue weighted by molar-refractivity contribution is 5.92. The molecule has 0 aliphatic carbocycles. The highest BCUT2D eigenvalue weighted by Crippen LogP contribution is 2.17. The molecule has 1 unspecified atom stereocenters. The molecule has 1 saturated heterocycles. The van der Waals surface area contributed by atoms with Crippen molar-refractivity contribution in [3.63, 3.8) is 0 Å². The number of pyridine rings is 1. The van der Waals surface area contributed by atoms with Crippen LogP contribution in [0.25, 0.3) is 0 Å². The fraction of sp³-hybridized carbons (Fsp3) is 0.625. The van der Waals surface area contributed by atoms with Crippen LogP contribution in [0.15, 0.2) is 24.4 Å². The van der Waals surface area contributed by atoms with Gasteiger partial charge in [0.05, 0.1) is 0 Å². The summed E-state index contributed by atoms with van der Waals surface area (Å²) in [5.74, 6) is -0.805. The maximum Gasteiger partial charge on any atom is 0.228 e. The van der Waals surface area contributed by atoms with Gasteiger partial charge < -0.3 is 4.90 Å². The third-order valence-electron chi connectivity index (χ3n) is 3.63. The first kappa shape index (κ1) is 13.6. The second-order valence-corrected chi connectivity index (χ2v) is 5.20. The SMILES string of the molecule is Cl.Cl.[2H]C([2H])([2H])C([2H])([2H])C(=O)N(c1ccccn1)C(C)CN1CCCCC1. The maximum absolute atomic E-state index is 12.8. The topological polar surface area (TPSA) is 36.4 Å². The molecule has 2 heterocycles. The Bertz CT molecular complexity index is 583. The number of carbonyl (C=O) groups excluding carboxylic acids is 1. The van der Waals surface area contributed by atoms with Gasteiger partial charge in [0.1, 0.15) is 5.82 Å². The third kappa shape index (κ3) is 5.75. The van der Waals surface area contributed by atoms with Gasteiger partial charge in [-0.2, -0.15) is 0 Å². The summed E-state index contributed by atoms with van der Waals surface area (Å²) >= 11 is 0. The number of aromatic nitrogens is 1. The molecule has 0 aromatic carbocycles. The first-order valence-corrected chi connectivity index (χ1v) is 7.11. The number of carbonyl (C=O) groups is 1. The summed E-state index contributed by atoms with van der Waals surface area (Å²) < 4.78 is 37.9. The van der Waals surface area contributed by atoms with Crippen LogP contribution in [0, 0.1) is 0 Å². The van der Waals surface area contributed by atoms with Gasteiger partial charge in [-0.3, -0.25) is 9.69 Å². The van der Waals surface area contributed by atoms with Crippen molar-refractivity contribution in [3.8, 4) is 0 Å². The second kappa shape index (κ2) is 10.8. The molecule has 6 heteroatoms. The van der Waals surface area contributed by atoms with Crippen LogP contribution < -0.4 is 4.90 Å². The highest BCUT2D eigenvalue weighted by atomic mass is 35.5. The Morgan fingerprint density at radius 3 is 2.73 bits per heavy atom. The van der Waals surface area contributed by atoms with Crippen molar-refractivity contribution < 1.29 is 11.6 Å². The molecule has 0 N–H and O–H groups in total. The van der Waals surface area contributed by atoms with Gasteiger partial charge in [-0.15, -0.1) is 24.8 Å². The minimum absolute atomic E-state index is 0. The maximum atomic E-state index is 12.8. The van der Waals surface area contributed by atoms with E-state index in [0.29, 0.717) is 6.54 Å². The Morgan fingerprint density at radius 2 is 2.14 bits per heavy atom. The number of hydrogen-bond donors (Lipinski definition) is 0. The fourth-order valence-corrected chi connectivity index (χ4v) is 2.68. The Hall–Kier alpha value is -0.840. The van der Waals surface area contributed by atoms with Crippen LogP contribution in [-0.4, -0.2) is 41.5 Å². The summed E-state index contributed by atoms with van der Waals surface area (Å²) in [6, 6.07) is 4.60. The molecule has 22 heavy (non-hydrogen) atoms. The van der Waals surface area contributed by atoms with Crippen LogP contribution in [0.4, 0.5) is 5.82 Å². The van der Waals surface area contributed by atoms with Crippen molar-refractivity contribution in [2.75, 3.05) is 24.5 Å². The van der Waals surface area contributed by atoms with E-state index in [4.69, 9.17) is 6.85 Å². The van der Waals surface area contributed by atoms with Crippen molar-refractivity contribution in [1.82, 2.24) is 9.88 Å². The number of halogens is 2. The molecule has 1 aromatic rings. The average Bonchev–Trinajstić information content (AvgIpc) is 2.55. The number of hydrogen-bond acceptors (Lipinski definition) is 3. The number of rotatable bonds is 5. The summed E-state index contributed by atoms with van der Waals surface area (Å²) in [4.78, 5) is 20.4. The predicted octanol–water partition coefficient (Wildman–Crippen LogP) is 3.54. The van der Waals surface area contributed by atoms with Gasteiger partial charge in [0.25, 0.3) is 0 Å². The van der Waals surface area contributed by atoms with Gasteiger partial charge in [0.2, 0.25) is 5.91 Å². The van der Waals surface area contributed by atoms with Gasteiger partial charge in [-0.1, -0.05) is 19.3 Å². The Balaban J connectivity index is 0.00000338. The minimum atomic E-state index is -3.04. The Labute approximate surface area is 153 Å². The minimum Gasteiger partial charge on any atom is -0.301 e. The standard InChI is InChI=1S/C16H25N3O.2ClH/c1-3-16(20)19(15-9-5-6-10-17-15)14(2)13-18-11-7-4-8-12-18;;/h5-6,9-10,14H,3-4,7-8,11-13H2,1-2H3;2*1H/i1D3,3D2;;. The van der Waals surface area contributed by atoms with Crippen molar-refractivity contribution in [1.29, 1.82) is 0 Å². The van der Waals surface area contributed by atoms with E-state index in [9.17, 15) is 4.79 Å². The number of piperidine rings is 1. The van der Waals surface area contributed by atoms with E-state index in [-0.39, 0.29) is 30.6 Å². The summed E-state index contributed by atoms with van der Waals surface area (Å²) in [7, 11) is 0. The van der Waals surface area contributed by atoms with Crippen molar-refractivity contribution in [3.05, 3.63) is 24.4 Å². The lowest BCUT2D eigenvalue weighted by Gasteiger charge is -2.34. The zero-order chi connectivity index (χ0) is 18.7. The molecule has 4 nitrogen and oxygen atoms in total. The largest absolute Gasteiger partial charge is 0.301 e. The number of amides is 1. The lowest BCUT2D eigenvalue weighted by Crippen LogP contribution is -2.47. The van der Waals surface area contributed by atoms with E-state index < -0.39 is 25.2 Å². The fourth-order valence-electron chi connectivity index (χ4n) is 2.68. The molecule has 126 valence electrons. The molecule has 0 radical (unpaired) electrons. The van der Waals surface area contributed by atoms with Crippen LogP contribution >= 0.6 is 24.8 Å².